The summed E-state index contributed by atoms with van der Waals surface area (Å²) < 4.78 is 38.5. The van der Waals surface area contributed by atoms with E-state index in [1.165, 1.54) is 6.07 Å². The molecule has 0 aromatic heterocycles. The fourth-order valence-electron chi connectivity index (χ4n) is 2.49. The minimum Gasteiger partial charge on any atom is -0.342 e. The normalized spacial score (nSPS) is 14.1. The zero-order valence-corrected chi connectivity index (χ0v) is 11.4. The molecule has 0 amide bonds. The highest BCUT2D eigenvalue weighted by atomic mass is 19.4. The number of hydrogen-bond donors (Lipinski definition) is 0. The number of nitrogens with zero attached hydrogens (tertiary/aromatic N) is 2. The lowest BCUT2D eigenvalue weighted by Gasteiger charge is -2.27. The van der Waals surface area contributed by atoms with Crippen molar-refractivity contribution >= 4 is 11.3 Å². The molecular formula is C17H11F3N2. The highest BCUT2D eigenvalue weighted by Gasteiger charge is 2.31. The van der Waals surface area contributed by atoms with Crippen LogP contribution in [0.15, 0.2) is 54.7 Å². The van der Waals surface area contributed by atoms with Gasteiger partial charge in [0.2, 0.25) is 0 Å². The van der Waals surface area contributed by atoms with Crippen LogP contribution in [0.3, 0.4) is 0 Å². The second-order valence-corrected chi connectivity index (χ2v) is 4.99. The predicted molar refractivity (Wildman–Crippen MR) is 77.7 cm³/mol. The van der Waals surface area contributed by atoms with Gasteiger partial charge in [-0.25, -0.2) is 0 Å². The highest BCUT2D eigenvalue weighted by molar-refractivity contribution is 5.82. The first-order chi connectivity index (χ1) is 10.5. The van der Waals surface area contributed by atoms with Crippen molar-refractivity contribution in [2.75, 3.05) is 4.90 Å². The first-order valence-corrected chi connectivity index (χ1v) is 6.63. The van der Waals surface area contributed by atoms with E-state index in [-0.39, 0.29) is 0 Å². The Morgan fingerprint density at radius 3 is 2.55 bits per heavy atom. The molecule has 1 aliphatic rings. The Bertz CT molecular complexity index is 785. The summed E-state index contributed by atoms with van der Waals surface area (Å²) in [7, 11) is 0. The third-order valence-electron chi connectivity index (χ3n) is 3.56. The van der Waals surface area contributed by atoms with Gasteiger partial charge in [-0.1, -0.05) is 30.3 Å². The van der Waals surface area contributed by atoms with E-state index in [9.17, 15) is 18.4 Å². The molecule has 22 heavy (non-hydrogen) atoms. The van der Waals surface area contributed by atoms with Crippen LogP contribution in [0.4, 0.5) is 18.9 Å². The maximum Gasteiger partial charge on any atom is 0.416 e. The van der Waals surface area contributed by atoms with Crippen molar-refractivity contribution in [1.82, 2.24) is 0 Å². The SMILES string of the molecule is N#CC1=CN(c2cccc(C(F)(F)F)c2)Cc2ccccc21. The van der Waals surface area contributed by atoms with Crippen molar-refractivity contribution in [3.8, 4) is 6.07 Å². The molecule has 110 valence electrons. The van der Waals surface area contributed by atoms with Gasteiger partial charge in [0.1, 0.15) is 6.07 Å². The molecule has 0 bridgehead atoms. The molecular weight excluding hydrogens is 289 g/mol. The number of anilines is 1. The molecule has 0 fully saturated rings. The van der Waals surface area contributed by atoms with Gasteiger partial charge in [-0.3, -0.25) is 0 Å². The molecule has 1 aliphatic heterocycles. The van der Waals surface area contributed by atoms with Crippen LogP contribution in [-0.4, -0.2) is 0 Å². The molecule has 0 saturated carbocycles. The summed E-state index contributed by atoms with van der Waals surface area (Å²) in [5.41, 5.74) is 1.90. The van der Waals surface area contributed by atoms with Crippen LogP contribution in [0.1, 0.15) is 16.7 Å². The fourth-order valence-corrected chi connectivity index (χ4v) is 2.49. The summed E-state index contributed by atoms with van der Waals surface area (Å²) in [5.74, 6) is 0. The monoisotopic (exact) mass is 300 g/mol. The van der Waals surface area contributed by atoms with Gasteiger partial charge in [0.15, 0.2) is 0 Å². The number of benzene rings is 2. The molecule has 0 atom stereocenters. The second-order valence-electron chi connectivity index (χ2n) is 4.99. The zero-order valence-electron chi connectivity index (χ0n) is 11.4. The number of hydrogen-bond acceptors (Lipinski definition) is 2. The number of nitriles is 1. The van der Waals surface area contributed by atoms with Crippen LogP contribution in [-0.2, 0) is 12.7 Å². The average molecular weight is 300 g/mol. The number of allylic oxidation sites excluding steroid dienone is 1. The van der Waals surface area contributed by atoms with Gasteiger partial charge in [-0.2, -0.15) is 18.4 Å². The standard InChI is InChI=1S/C17H11F3N2/c18-17(19,20)14-5-3-6-15(8-14)22-10-12-4-1-2-7-16(12)13(9-21)11-22/h1-8,11H,10H2. The van der Waals surface area contributed by atoms with Gasteiger partial charge >= 0.3 is 6.18 Å². The van der Waals surface area contributed by atoms with E-state index in [1.54, 1.807) is 17.2 Å². The molecule has 0 spiro atoms. The predicted octanol–water partition coefficient (Wildman–Crippen LogP) is 4.59. The Kier molecular flexibility index (Phi) is 3.38. The van der Waals surface area contributed by atoms with E-state index in [2.05, 4.69) is 6.07 Å². The zero-order chi connectivity index (χ0) is 15.7. The van der Waals surface area contributed by atoms with Gasteiger partial charge in [0.05, 0.1) is 11.1 Å². The molecule has 2 nitrogen and oxygen atoms in total. The van der Waals surface area contributed by atoms with Gasteiger partial charge in [-0.05, 0) is 29.3 Å². The Morgan fingerprint density at radius 2 is 1.82 bits per heavy atom. The molecule has 5 heteroatoms. The number of fused-ring (bicyclic) bond motifs is 1. The largest absolute Gasteiger partial charge is 0.416 e. The van der Waals surface area contributed by atoms with Crippen molar-refractivity contribution in [2.45, 2.75) is 12.7 Å². The van der Waals surface area contributed by atoms with Crippen LogP contribution in [0.5, 0.6) is 0 Å². The lowest BCUT2D eigenvalue weighted by molar-refractivity contribution is -0.137. The minimum atomic E-state index is -4.38. The van der Waals surface area contributed by atoms with Crippen LogP contribution >= 0.6 is 0 Å². The smallest absolute Gasteiger partial charge is 0.342 e. The second kappa shape index (κ2) is 5.23. The van der Waals surface area contributed by atoms with Crippen molar-refractivity contribution in [2.24, 2.45) is 0 Å². The molecule has 0 radical (unpaired) electrons. The third-order valence-corrected chi connectivity index (χ3v) is 3.56. The first kappa shape index (κ1) is 14.2. The summed E-state index contributed by atoms with van der Waals surface area (Å²) in [5, 5.41) is 9.26. The molecule has 3 rings (SSSR count). The van der Waals surface area contributed by atoms with Crippen molar-refractivity contribution in [3.63, 3.8) is 0 Å². The molecule has 2 aromatic carbocycles. The average Bonchev–Trinajstić information content (AvgIpc) is 2.53. The first-order valence-electron chi connectivity index (χ1n) is 6.63. The number of alkyl halides is 3. The van der Waals surface area contributed by atoms with Crippen LogP contribution in [0, 0.1) is 11.3 Å². The fraction of sp³-hybridized carbons (Fsp3) is 0.118. The Hall–Kier alpha value is -2.74. The van der Waals surface area contributed by atoms with E-state index in [1.807, 2.05) is 24.3 Å². The summed E-state index contributed by atoms with van der Waals surface area (Å²) >= 11 is 0. The quantitative estimate of drug-likeness (QED) is 0.770. The lowest BCUT2D eigenvalue weighted by Crippen LogP contribution is -2.21. The van der Waals surface area contributed by atoms with E-state index in [0.717, 1.165) is 23.3 Å². The Labute approximate surface area is 125 Å². The van der Waals surface area contributed by atoms with E-state index < -0.39 is 11.7 Å². The molecule has 1 heterocycles. The molecule has 0 unspecified atom stereocenters. The van der Waals surface area contributed by atoms with Gasteiger partial charge in [0, 0.05) is 18.4 Å². The summed E-state index contributed by atoms with van der Waals surface area (Å²) in [6.07, 6.45) is -2.79. The highest BCUT2D eigenvalue weighted by Crippen LogP contribution is 2.34. The number of halogens is 3. The minimum absolute atomic E-state index is 0.414. The maximum atomic E-state index is 12.8. The van der Waals surface area contributed by atoms with E-state index in [0.29, 0.717) is 17.8 Å². The van der Waals surface area contributed by atoms with Crippen molar-refractivity contribution in [1.29, 1.82) is 5.26 Å². The van der Waals surface area contributed by atoms with Crippen LogP contribution < -0.4 is 4.90 Å². The molecule has 0 aliphatic carbocycles. The summed E-state index contributed by atoms with van der Waals surface area (Å²) in [4.78, 5) is 1.66. The van der Waals surface area contributed by atoms with Gasteiger partial charge < -0.3 is 4.90 Å². The third kappa shape index (κ3) is 2.56. The summed E-state index contributed by atoms with van der Waals surface area (Å²) in [6, 6.07) is 14.6. The molecule has 0 N–H and O–H groups in total. The van der Waals surface area contributed by atoms with Crippen LogP contribution in [0.25, 0.3) is 5.57 Å². The molecule has 0 saturated heterocycles. The van der Waals surface area contributed by atoms with Crippen molar-refractivity contribution < 1.29 is 13.2 Å². The summed E-state index contributed by atoms with van der Waals surface area (Å²) in [6.45, 7) is 0.433. The molecule has 2 aromatic rings. The lowest BCUT2D eigenvalue weighted by atomic mass is 9.97. The van der Waals surface area contributed by atoms with E-state index in [4.69, 9.17) is 0 Å². The van der Waals surface area contributed by atoms with Gasteiger partial charge in [-0.15, -0.1) is 0 Å². The van der Waals surface area contributed by atoms with Gasteiger partial charge in [0.25, 0.3) is 0 Å². The maximum absolute atomic E-state index is 12.8. The number of rotatable bonds is 1. The topological polar surface area (TPSA) is 27.0 Å². The van der Waals surface area contributed by atoms with Crippen molar-refractivity contribution in [3.05, 3.63) is 71.4 Å². The van der Waals surface area contributed by atoms with Crippen LogP contribution in [0.2, 0.25) is 0 Å². The Morgan fingerprint density at radius 1 is 1.05 bits per heavy atom. The van der Waals surface area contributed by atoms with E-state index >= 15 is 0 Å². The Balaban J connectivity index is 2.03.